The Bertz CT molecular complexity index is 1070. The Hall–Kier alpha value is -3.50. The number of pyridine rings is 2. The SMILES string of the molecule is CC(NCc1cccc(N2CCOCC2)n1)c1ccc(-c2ccncc2)cc1.O=C(O)C(F)(F)F. The van der Waals surface area contributed by atoms with Gasteiger partial charge in [-0.3, -0.25) is 4.98 Å². The van der Waals surface area contributed by atoms with E-state index < -0.39 is 12.1 Å². The normalized spacial score (nSPS) is 14.6. The zero-order valence-electron chi connectivity index (χ0n) is 19.2. The molecule has 2 N–H and O–H groups in total. The van der Waals surface area contributed by atoms with E-state index in [1.165, 1.54) is 16.7 Å². The predicted molar refractivity (Wildman–Crippen MR) is 126 cm³/mol. The van der Waals surface area contributed by atoms with Gasteiger partial charge in [0.15, 0.2) is 0 Å². The summed E-state index contributed by atoms with van der Waals surface area (Å²) in [6.07, 6.45) is -1.43. The molecule has 1 saturated heterocycles. The van der Waals surface area contributed by atoms with Crippen LogP contribution in [0.1, 0.15) is 24.2 Å². The standard InChI is InChI=1S/C23H26N4O.C2HF3O2/c1-18(19-5-7-20(8-6-19)21-9-11-24-12-10-21)25-17-22-3-2-4-23(26-22)27-13-15-28-16-14-27;3-2(4,5)1(6)7/h2-12,18,25H,13-17H2,1H3;(H,6,7). The van der Waals surface area contributed by atoms with Crippen molar-refractivity contribution in [1.82, 2.24) is 15.3 Å². The molecule has 1 atom stereocenters. The molecule has 2 aromatic heterocycles. The van der Waals surface area contributed by atoms with Crippen LogP contribution < -0.4 is 10.2 Å². The summed E-state index contributed by atoms with van der Waals surface area (Å²) in [7, 11) is 0. The van der Waals surface area contributed by atoms with Crippen molar-refractivity contribution in [3.8, 4) is 11.1 Å². The molecule has 1 unspecified atom stereocenters. The summed E-state index contributed by atoms with van der Waals surface area (Å²) in [5.74, 6) is -1.72. The van der Waals surface area contributed by atoms with Crippen molar-refractivity contribution in [2.45, 2.75) is 25.7 Å². The van der Waals surface area contributed by atoms with Gasteiger partial charge in [0.1, 0.15) is 5.82 Å². The highest BCUT2D eigenvalue weighted by molar-refractivity contribution is 5.73. The number of benzene rings is 1. The minimum atomic E-state index is -5.08. The highest BCUT2D eigenvalue weighted by Gasteiger charge is 2.38. The van der Waals surface area contributed by atoms with Crippen LogP contribution in [0.15, 0.2) is 67.0 Å². The number of alkyl halides is 3. The third kappa shape index (κ3) is 8.04. The molecule has 0 spiro atoms. The van der Waals surface area contributed by atoms with E-state index in [1.54, 1.807) is 0 Å². The number of ether oxygens (including phenoxy) is 1. The molecule has 1 fully saturated rings. The minimum absolute atomic E-state index is 0.250. The number of carboxylic acids is 1. The van der Waals surface area contributed by atoms with Crippen molar-refractivity contribution < 1.29 is 27.8 Å². The Labute approximate surface area is 201 Å². The lowest BCUT2D eigenvalue weighted by molar-refractivity contribution is -0.192. The zero-order valence-corrected chi connectivity index (χ0v) is 19.2. The average molecular weight is 489 g/mol. The van der Waals surface area contributed by atoms with Gasteiger partial charge >= 0.3 is 12.1 Å². The summed E-state index contributed by atoms with van der Waals surface area (Å²) in [4.78, 5) is 20.1. The monoisotopic (exact) mass is 488 g/mol. The number of morpholine rings is 1. The number of nitrogens with zero attached hydrogens (tertiary/aromatic N) is 3. The molecule has 35 heavy (non-hydrogen) atoms. The van der Waals surface area contributed by atoms with Gasteiger partial charge < -0.3 is 20.1 Å². The average Bonchev–Trinajstić information content (AvgIpc) is 2.88. The Balaban J connectivity index is 0.000000429. The molecule has 1 aliphatic rings. The Kier molecular flexibility index (Phi) is 9.16. The van der Waals surface area contributed by atoms with E-state index in [0.29, 0.717) is 0 Å². The third-order valence-electron chi connectivity index (χ3n) is 5.38. The van der Waals surface area contributed by atoms with E-state index in [-0.39, 0.29) is 6.04 Å². The molecule has 1 aliphatic heterocycles. The highest BCUT2D eigenvalue weighted by Crippen LogP contribution is 2.22. The van der Waals surface area contributed by atoms with E-state index >= 15 is 0 Å². The quantitative estimate of drug-likeness (QED) is 0.530. The fourth-order valence-electron chi connectivity index (χ4n) is 3.42. The van der Waals surface area contributed by atoms with Gasteiger partial charge in [-0.05, 0) is 47.9 Å². The molecule has 0 amide bonds. The molecule has 3 heterocycles. The van der Waals surface area contributed by atoms with E-state index in [2.05, 4.69) is 64.6 Å². The van der Waals surface area contributed by atoms with Crippen molar-refractivity contribution in [2.75, 3.05) is 31.2 Å². The maximum absolute atomic E-state index is 10.6. The first kappa shape index (κ1) is 26.1. The summed E-state index contributed by atoms with van der Waals surface area (Å²) in [5, 5.41) is 10.7. The first-order valence-electron chi connectivity index (χ1n) is 11.1. The molecular formula is C25H27F3N4O3. The maximum Gasteiger partial charge on any atom is 0.490 e. The van der Waals surface area contributed by atoms with Crippen molar-refractivity contribution in [3.05, 3.63) is 78.2 Å². The Morgan fingerprint density at radius 2 is 1.66 bits per heavy atom. The minimum Gasteiger partial charge on any atom is -0.475 e. The summed E-state index contributed by atoms with van der Waals surface area (Å²) in [6, 6.07) is 19.3. The van der Waals surface area contributed by atoms with Crippen LogP contribution >= 0.6 is 0 Å². The van der Waals surface area contributed by atoms with Gasteiger partial charge in [0.25, 0.3) is 0 Å². The van der Waals surface area contributed by atoms with Crippen molar-refractivity contribution in [2.24, 2.45) is 0 Å². The van der Waals surface area contributed by atoms with E-state index in [9.17, 15) is 13.2 Å². The van der Waals surface area contributed by atoms with Gasteiger partial charge in [-0.25, -0.2) is 9.78 Å². The van der Waals surface area contributed by atoms with Crippen LogP contribution in [0, 0.1) is 0 Å². The fraction of sp³-hybridized carbons (Fsp3) is 0.320. The van der Waals surface area contributed by atoms with E-state index in [1.807, 2.05) is 24.5 Å². The molecule has 3 aromatic rings. The summed E-state index contributed by atoms with van der Waals surface area (Å²) < 4.78 is 37.2. The highest BCUT2D eigenvalue weighted by atomic mass is 19.4. The fourth-order valence-corrected chi connectivity index (χ4v) is 3.42. The molecule has 4 rings (SSSR count). The molecule has 10 heteroatoms. The van der Waals surface area contributed by atoms with Gasteiger partial charge in [-0.15, -0.1) is 0 Å². The lowest BCUT2D eigenvalue weighted by atomic mass is 10.0. The number of nitrogens with one attached hydrogen (secondary N) is 1. The largest absolute Gasteiger partial charge is 0.490 e. The maximum atomic E-state index is 10.6. The number of carbonyl (C=O) groups is 1. The van der Waals surface area contributed by atoms with Gasteiger partial charge in [-0.2, -0.15) is 13.2 Å². The van der Waals surface area contributed by atoms with Gasteiger partial charge in [0, 0.05) is 38.1 Å². The zero-order chi connectivity index (χ0) is 25.3. The summed E-state index contributed by atoms with van der Waals surface area (Å²) >= 11 is 0. The summed E-state index contributed by atoms with van der Waals surface area (Å²) in [6.45, 7) is 6.29. The molecular weight excluding hydrogens is 461 g/mol. The van der Waals surface area contributed by atoms with Crippen molar-refractivity contribution in [3.63, 3.8) is 0 Å². The van der Waals surface area contributed by atoms with Crippen molar-refractivity contribution >= 4 is 11.8 Å². The van der Waals surface area contributed by atoms with E-state index in [4.69, 9.17) is 19.6 Å². The van der Waals surface area contributed by atoms with Crippen LogP contribution in [0.4, 0.5) is 19.0 Å². The number of carboxylic acid groups (broad SMARTS) is 1. The van der Waals surface area contributed by atoms with Crippen LogP contribution in [0.3, 0.4) is 0 Å². The number of aliphatic carboxylic acids is 1. The molecule has 0 radical (unpaired) electrons. The van der Waals surface area contributed by atoms with Crippen LogP contribution in [0.25, 0.3) is 11.1 Å². The number of aromatic nitrogens is 2. The Morgan fingerprint density at radius 1 is 1.06 bits per heavy atom. The Morgan fingerprint density at radius 3 is 2.26 bits per heavy atom. The predicted octanol–water partition coefficient (Wildman–Crippen LogP) is 4.46. The molecule has 0 bridgehead atoms. The van der Waals surface area contributed by atoms with Gasteiger partial charge in [0.05, 0.1) is 18.9 Å². The van der Waals surface area contributed by atoms with Crippen LogP contribution in [0.5, 0.6) is 0 Å². The number of anilines is 1. The number of hydrogen-bond donors (Lipinski definition) is 2. The number of rotatable bonds is 6. The smallest absolute Gasteiger partial charge is 0.475 e. The second-order valence-corrected chi connectivity index (χ2v) is 7.85. The van der Waals surface area contributed by atoms with Crippen molar-refractivity contribution in [1.29, 1.82) is 0 Å². The van der Waals surface area contributed by atoms with Gasteiger partial charge in [-0.1, -0.05) is 30.3 Å². The summed E-state index contributed by atoms with van der Waals surface area (Å²) in [5.41, 5.74) is 4.72. The van der Waals surface area contributed by atoms with Crippen LogP contribution in [-0.4, -0.2) is 53.5 Å². The van der Waals surface area contributed by atoms with E-state index in [0.717, 1.165) is 44.4 Å². The number of hydrogen-bond acceptors (Lipinski definition) is 6. The lowest BCUT2D eigenvalue weighted by Gasteiger charge is -2.28. The third-order valence-corrected chi connectivity index (χ3v) is 5.38. The van der Waals surface area contributed by atoms with Crippen LogP contribution in [0.2, 0.25) is 0 Å². The second-order valence-electron chi connectivity index (χ2n) is 7.85. The molecule has 0 saturated carbocycles. The molecule has 1 aromatic carbocycles. The lowest BCUT2D eigenvalue weighted by Crippen LogP contribution is -2.36. The topological polar surface area (TPSA) is 87.6 Å². The first-order valence-corrected chi connectivity index (χ1v) is 11.1. The molecule has 186 valence electrons. The van der Waals surface area contributed by atoms with Gasteiger partial charge in [0.2, 0.25) is 0 Å². The van der Waals surface area contributed by atoms with Crippen LogP contribution in [-0.2, 0) is 16.1 Å². The second kappa shape index (κ2) is 12.3. The molecule has 7 nitrogen and oxygen atoms in total. The number of halogens is 3. The molecule has 0 aliphatic carbocycles. The first-order chi connectivity index (χ1) is 16.7.